The minimum atomic E-state index is -1.36. The van der Waals surface area contributed by atoms with Gasteiger partial charge in [0.2, 0.25) is 0 Å². The third-order valence-corrected chi connectivity index (χ3v) is 2.38. The van der Waals surface area contributed by atoms with Crippen LogP contribution < -0.4 is 0 Å². The van der Waals surface area contributed by atoms with Crippen molar-refractivity contribution in [1.29, 1.82) is 0 Å². The van der Waals surface area contributed by atoms with Crippen LogP contribution in [0.1, 0.15) is 18.1 Å². The lowest BCUT2D eigenvalue weighted by Crippen LogP contribution is -2.33. The van der Waals surface area contributed by atoms with E-state index >= 15 is 0 Å². The molecule has 0 fully saturated rings. The Labute approximate surface area is 76.5 Å². The first-order chi connectivity index (χ1) is 6.12. The minimum Gasteiger partial charge on any atom is -0.377 e. The fraction of sp³-hybridized carbons (Fsp3) is 0.182. The predicted octanol–water partition coefficient (Wildman–Crippen LogP) is 1.49. The molecular formula is C11H10O2. The number of ketones is 1. The molecule has 0 radical (unpaired) electrons. The Kier molecular flexibility index (Phi) is 1.60. The lowest BCUT2D eigenvalue weighted by molar-refractivity contribution is -0.131. The van der Waals surface area contributed by atoms with Crippen molar-refractivity contribution in [2.45, 2.75) is 12.5 Å². The SMILES string of the molecule is C[C@@]1(O)C(=O)C=Cc2ccccc21. The van der Waals surface area contributed by atoms with Crippen molar-refractivity contribution in [2.24, 2.45) is 0 Å². The third-order valence-electron chi connectivity index (χ3n) is 2.38. The Balaban J connectivity index is 2.68. The maximum Gasteiger partial charge on any atom is 0.191 e. The highest BCUT2D eigenvalue weighted by atomic mass is 16.3. The summed E-state index contributed by atoms with van der Waals surface area (Å²) in [6, 6.07) is 7.36. The van der Waals surface area contributed by atoms with E-state index < -0.39 is 5.60 Å². The van der Waals surface area contributed by atoms with E-state index in [-0.39, 0.29) is 5.78 Å². The van der Waals surface area contributed by atoms with Crippen LogP contribution >= 0.6 is 0 Å². The van der Waals surface area contributed by atoms with E-state index in [1.807, 2.05) is 18.2 Å². The van der Waals surface area contributed by atoms with Gasteiger partial charge in [-0.25, -0.2) is 0 Å². The molecular weight excluding hydrogens is 164 g/mol. The molecule has 2 rings (SSSR count). The summed E-state index contributed by atoms with van der Waals surface area (Å²) in [7, 11) is 0. The molecule has 0 bridgehead atoms. The Hall–Kier alpha value is -1.41. The lowest BCUT2D eigenvalue weighted by Gasteiger charge is -2.25. The fourth-order valence-corrected chi connectivity index (χ4v) is 1.55. The van der Waals surface area contributed by atoms with E-state index in [1.54, 1.807) is 12.1 Å². The smallest absolute Gasteiger partial charge is 0.191 e. The molecule has 0 heterocycles. The summed E-state index contributed by atoms with van der Waals surface area (Å²) < 4.78 is 0. The van der Waals surface area contributed by atoms with E-state index in [0.29, 0.717) is 5.56 Å². The molecule has 1 atom stereocenters. The predicted molar refractivity (Wildman–Crippen MR) is 50.1 cm³/mol. The molecule has 13 heavy (non-hydrogen) atoms. The average molecular weight is 174 g/mol. The van der Waals surface area contributed by atoms with Gasteiger partial charge in [0.15, 0.2) is 5.78 Å². The topological polar surface area (TPSA) is 37.3 Å². The molecule has 0 aromatic heterocycles. The highest BCUT2D eigenvalue weighted by Gasteiger charge is 2.34. The standard InChI is InChI=1S/C11H10O2/c1-11(13)9-5-3-2-4-8(9)6-7-10(11)12/h2-7,13H,1H3/t11-/m0/s1. The van der Waals surface area contributed by atoms with Crippen LogP contribution in [-0.4, -0.2) is 10.9 Å². The fourth-order valence-electron chi connectivity index (χ4n) is 1.55. The van der Waals surface area contributed by atoms with Gasteiger partial charge in [-0.1, -0.05) is 30.3 Å². The number of hydrogen-bond acceptors (Lipinski definition) is 2. The number of fused-ring (bicyclic) bond motifs is 1. The first-order valence-corrected chi connectivity index (χ1v) is 4.17. The van der Waals surface area contributed by atoms with Gasteiger partial charge in [-0.05, 0) is 24.1 Å². The zero-order valence-electron chi connectivity index (χ0n) is 7.32. The van der Waals surface area contributed by atoms with Crippen LogP contribution in [0.15, 0.2) is 30.3 Å². The van der Waals surface area contributed by atoms with Gasteiger partial charge in [0.1, 0.15) is 5.60 Å². The molecule has 0 aliphatic heterocycles. The molecule has 2 heteroatoms. The second kappa shape index (κ2) is 2.54. The van der Waals surface area contributed by atoms with E-state index in [4.69, 9.17) is 0 Å². The number of aliphatic hydroxyl groups is 1. The first-order valence-electron chi connectivity index (χ1n) is 4.17. The average Bonchev–Trinajstić information content (AvgIpc) is 2.13. The van der Waals surface area contributed by atoms with Crippen molar-refractivity contribution in [1.82, 2.24) is 0 Å². The molecule has 0 saturated heterocycles. The first kappa shape index (κ1) is 8.20. The number of carbonyl (C=O) groups is 1. The van der Waals surface area contributed by atoms with Gasteiger partial charge in [0, 0.05) is 0 Å². The monoisotopic (exact) mass is 174 g/mol. The number of rotatable bonds is 0. The quantitative estimate of drug-likeness (QED) is 0.647. The third kappa shape index (κ3) is 1.11. The second-order valence-electron chi connectivity index (χ2n) is 3.36. The summed E-state index contributed by atoms with van der Waals surface area (Å²) in [5, 5.41) is 9.89. The summed E-state index contributed by atoms with van der Waals surface area (Å²) in [5.41, 5.74) is 0.236. The van der Waals surface area contributed by atoms with E-state index in [1.165, 1.54) is 13.0 Å². The van der Waals surface area contributed by atoms with E-state index in [2.05, 4.69) is 0 Å². The normalized spacial score (nSPS) is 25.8. The van der Waals surface area contributed by atoms with Gasteiger partial charge >= 0.3 is 0 Å². The number of carbonyl (C=O) groups excluding carboxylic acids is 1. The largest absolute Gasteiger partial charge is 0.377 e. The number of benzene rings is 1. The van der Waals surface area contributed by atoms with Crippen molar-refractivity contribution < 1.29 is 9.90 Å². The van der Waals surface area contributed by atoms with Crippen molar-refractivity contribution in [3.05, 3.63) is 41.5 Å². The van der Waals surface area contributed by atoms with E-state index in [0.717, 1.165) is 5.56 Å². The van der Waals surface area contributed by atoms with Gasteiger partial charge < -0.3 is 5.11 Å². The van der Waals surface area contributed by atoms with Crippen molar-refractivity contribution >= 4 is 11.9 Å². The molecule has 1 aromatic rings. The molecule has 0 amide bonds. The van der Waals surface area contributed by atoms with Crippen molar-refractivity contribution in [3.8, 4) is 0 Å². The Morgan fingerprint density at radius 1 is 1.23 bits per heavy atom. The van der Waals surface area contributed by atoms with Crippen LogP contribution in [-0.2, 0) is 10.4 Å². The molecule has 0 saturated carbocycles. The summed E-state index contributed by atoms with van der Waals surface area (Å²) in [5.74, 6) is -0.258. The summed E-state index contributed by atoms with van der Waals surface area (Å²) >= 11 is 0. The van der Waals surface area contributed by atoms with Crippen LogP contribution in [0.25, 0.3) is 6.08 Å². The van der Waals surface area contributed by atoms with Crippen LogP contribution in [0.4, 0.5) is 0 Å². The molecule has 0 spiro atoms. The van der Waals surface area contributed by atoms with Crippen molar-refractivity contribution in [2.75, 3.05) is 0 Å². The van der Waals surface area contributed by atoms with Crippen LogP contribution in [0.5, 0.6) is 0 Å². The van der Waals surface area contributed by atoms with Gasteiger partial charge in [-0.15, -0.1) is 0 Å². The maximum absolute atomic E-state index is 11.3. The summed E-state index contributed by atoms with van der Waals surface area (Å²) in [4.78, 5) is 11.3. The molecule has 0 unspecified atom stereocenters. The highest BCUT2D eigenvalue weighted by molar-refractivity contribution is 6.03. The van der Waals surface area contributed by atoms with Gasteiger partial charge in [0.05, 0.1) is 0 Å². The zero-order valence-corrected chi connectivity index (χ0v) is 7.32. The van der Waals surface area contributed by atoms with Gasteiger partial charge in [-0.3, -0.25) is 4.79 Å². The molecule has 2 nitrogen and oxygen atoms in total. The van der Waals surface area contributed by atoms with Crippen LogP contribution in [0, 0.1) is 0 Å². The Bertz CT molecular complexity index is 389. The summed E-state index contributed by atoms with van der Waals surface area (Å²) in [6.07, 6.45) is 3.15. The van der Waals surface area contributed by atoms with Crippen molar-refractivity contribution in [3.63, 3.8) is 0 Å². The van der Waals surface area contributed by atoms with Gasteiger partial charge in [0.25, 0.3) is 0 Å². The minimum absolute atomic E-state index is 0.258. The van der Waals surface area contributed by atoms with Crippen LogP contribution in [0.2, 0.25) is 0 Å². The molecule has 1 N–H and O–H groups in total. The second-order valence-corrected chi connectivity index (χ2v) is 3.36. The Morgan fingerprint density at radius 2 is 1.92 bits per heavy atom. The zero-order chi connectivity index (χ0) is 9.47. The lowest BCUT2D eigenvalue weighted by atomic mass is 9.84. The number of hydrogen-bond donors (Lipinski definition) is 1. The highest BCUT2D eigenvalue weighted by Crippen LogP contribution is 2.30. The van der Waals surface area contributed by atoms with Crippen LogP contribution in [0.3, 0.4) is 0 Å². The summed E-state index contributed by atoms with van der Waals surface area (Å²) in [6.45, 7) is 1.53. The Morgan fingerprint density at radius 3 is 2.69 bits per heavy atom. The van der Waals surface area contributed by atoms with E-state index in [9.17, 15) is 9.90 Å². The van der Waals surface area contributed by atoms with Gasteiger partial charge in [-0.2, -0.15) is 0 Å². The maximum atomic E-state index is 11.3. The molecule has 1 aromatic carbocycles. The molecule has 1 aliphatic carbocycles. The molecule has 1 aliphatic rings. The molecule has 66 valence electrons.